The van der Waals surface area contributed by atoms with Crippen LogP contribution in [-0.2, 0) is 23.2 Å². The molecule has 0 amide bonds. The van der Waals surface area contributed by atoms with Gasteiger partial charge in [-0.2, -0.15) is 17.0 Å². The molecule has 8 nitrogen and oxygen atoms in total. The van der Waals surface area contributed by atoms with Crippen LogP contribution in [0.5, 0.6) is 0 Å². The monoisotopic (exact) mass is 340 g/mol. The molecule has 0 unspecified atom stereocenters. The van der Waals surface area contributed by atoms with E-state index in [9.17, 15) is 8.42 Å². The largest absolute Gasteiger partial charge is 0.373 e. The normalized spacial score (nSPS) is 22.3. The molecule has 9 heteroatoms. The van der Waals surface area contributed by atoms with E-state index in [1.807, 2.05) is 7.05 Å². The minimum atomic E-state index is -3.46. The van der Waals surface area contributed by atoms with Crippen LogP contribution in [0.25, 0.3) is 0 Å². The summed E-state index contributed by atoms with van der Waals surface area (Å²) in [6.45, 7) is 2.15. The zero-order chi connectivity index (χ0) is 16.6. The molecule has 2 aliphatic rings. The van der Waals surface area contributed by atoms with E-state index < -0.39 is 10.2 Å². The zero-order valence-corrected chi connectivity index (χ0v) is 14.7. The molecule has 0 aliphatic carbocycles. The van der Waals surface area contributed by atoms with E-state index in [0.29, 0.717) is 12.4 Å². The van der Waals surface area contributed by atoms with E-state index in [0.717, 1.165) is 49.4 Å². The molecule has 0 radical (unpaired) electrons. The summed E-state index contributed by atoms with van der Waals surface area (Å²) >= 11 is 0. The minimum absolute atomic E-state index is 0.283. The molecule has 2 aliphatic heterocycles. The Morgan fingerprint density at radius 3 is 2.83 bits per heavy atom. The topological polar surface area (TPSA) is 90.5 Å². The number of hydrogen-bond acceptors (Lipinski definition) is 6. The third-order valence-electron chi connectivity index (χ3n) is 4.45. The summed E-state index contributed by atoms with van der Waals surface area (Å²) in [7, 11) is 1.49. The second kappa shape index (κ2) is 6.31. The fourth-order valence-electron chi connectivity index (χ4n) is 3.20. The SMILES string of the molecule is CNc1nc([C@H]2CCCN2S(=O)(=O)N(C)C)nc2c1CNCC2. The van der Waals surface area contributed by atoms with Crippen molar-refractivity contribution in [2.45, 2.75) is 31.8 Å². The van der Waals surface area contributed by atoms with Crippen LogP contribution in [0.15, 0.2) is 0 Å². The van der Waals surface area contributed by atoms with E-state index >= 15 is 0 Å². The van der Waals surface area contributed by atoms with E-state index in [-0.39, 0.29) is 6.04 Å². The van der Waals surface area contributed by atoms with Crippen molar-refractivity contribution in [1.29, 1.82) is 0 Å². The first-order valence-electron chi connectivity index (χ1n) is 7.92. The molecule has 1 aromatic rings. The lowest BCUT2D eigenvalue weighted by atomic mass is 10.1. The number of fused-ring (bicyclic) bond motifs is 1. The van der Waals surface area contributed by atoms with Crippen LogP contribution < -0.4 is 10.6 Å². The van der Waals surface area contributed by atoms with Crippen LogP contribution in [0.4, 0.5) is 5.82 Å². The number of anilines is 1. The molecule has 0 bridgehead atoms. The van der Waals surface area contributed by atoms with Gasteiger partial charge in [-0.1, -0.05) is 0 Å². The minimum Gasteiger partial charge on any atom is -0.373 e. The summed E-state index contributed by atoms with van der Waals surface area (Å²) < 4.78 is 27.8. The van der Waals surface area contributed by atoms with Gasteiger partial charge < -0.3 is 10.6 Å². The van der Waals surface area contributed by atoms with Gasteiger partial charge in [-0.05, 0) is 12.8 Å². The molecule has 3 rings (SSSR count). The molecule has 23 heavy (non-hydrogen) atoms. The lowest BCUT2D eigenvalue weighted by molar-refractivity contribution is 0.352. The maximum atomic E-state index is 12.5. The Bertz CT molecular complexity index is 674. The maximum absolute atomic E-state index is 12.5. The second-order valence-corrected chi connectivity index (χ2v) is 8.19. The molecule has 0 aromatic carbocycles. The molecule has 1 fully saturated rings. The summed E-state index contributed by atoms with van der Waals surface area (Å²) in [5.41, 5.74) is 2.11. The molecule has 128 valence electrons. The summed E-state index contributed by atoms with van der Waals surface area (Å²) in [6, 6.07) is -0.283. The molecule has 0 saturated carbocycles. The molecule has 2 N–H and O–H groups in total. The molecule has 1 saturated heterocycles. The molecular formula is C14H24N6O2S. The molecule has 3 heterocycles. The van der Waals surface area contributed by atoms with Crippen LogP contribution in [0.1, 0.15) is 36.0 Å². The Balaban J connectivity index is 2.01. The highest BCUT2D eigenvalue weighted by Crippen LogP contribution is 2.34. The third kappa shape index (κ3) is 2.93. The average molecular weight is 340 g/mol. The number of nitrogens with one attached hydrogen (secondary N) is 2. The Morgan fingerprint density at radius 1 is 1.35 bits per heavy atom. The van der Waals surface area contributed by atoms with Gasteiger partial charge in [0, 0.05) is 52.8 Å². The van der Waals surface area contributed by atoms with Crippen LogP contribution in [0.2, 0.25) is 0 Å². The molecule has 1 aromatic heterocycles. The Labute approximate surface area is 137 Å². The van der Waals surface area contributed by atoms with Crippen LogP contribution in [-0.4, -0.2) is 61.2 Å². The maximum Gasteiger partial charge on any atom is 0.282 e. The highest BCUT2D eigenvalue weighted by Gasteiger charge is 2.38. The van der Waals surface area contributed by atoms with Crippen molar-refractivity contribution in [3.8, 4) is 0 Å². The van der Waals surface area contributed by atoms with Crippen molar-refractivity contribution >= 4 is 16.0 Å². The summed E-state index contributed by atoms with van der Waals surface area (Å²) in [6.07, 6.45) is 2.43. The Morgan fingerprint density at radius 2 is 2.13 bits per heavy atom. The predicted molar refractivity (Wildman–Crippen MR) is 88.3 cm³/mol. The van der Waals surface area contributed by atoms with Crippen molar-refractivity contribution < 1.29 is 8.42 Å². The summed E-state index contributed by atoms with van der Waals surface area (Å²) in [5.74, 6) is 1.41. The summed E-state index contributed by atoms with van der Waals surface area (Å²) in [4.78, 5) is 9.33. The molecule has 0 spiro atoms. The smallest absolute Gasteiger partial charge is 0.282 e. The van der Waals surface area contributed by atoms with Gasteiger partial charge in [-0.3, -0.25) is 0 Å². The van der Waals surface area contributed by atoms with Gasteiger partial charge in [0.15, 0.2) is 0 Å². The lowest BCUT2D eigenvalue weighted by Gasteiger charge is -2.27. The van der Waals surface area contributed by atoms with Crippen LogP contribution in [0.3, 0.4) is 0 Å². The van der Waals surface area contributed by atoms with Gasteiger partial charge in [0.1, 0.15) is 11.6 Å². The number of aromatic nitrogens is 2. The highest BCUT2D eigenvalue weighted by molar-refractivity contribution is 7.86. The van der Waals surface area contributed by atoms with Gasteiger partial charge in [0.05, 0.1) is 11.7 Å². The first kappa shape index (κ1) is 16.6. The van der Waals surface area contributed by atoms with Gasteiger partial charge in [-0.15, -0.1) is 0 Å². The molecular weight excluding hydrogens is 316 g/mol. The van der Waals surface area contributed by atoms with Crippen molar-refractivity contribution in [2.75, 3.05) is 39.5 Å². The standard InChI is InChI=1S/C14H24N6O2S/c1-15-13-10-9-16-7-6-11(10)17-14(18-13)12-5-4-8-20(12)23(21,22)19(2)3/h12,16H,4-9H2,1-3H3,(H,15,17,18)/t12-/m1/s1. The number of nitrogens with zero attached hydrogens (tertiary/aromatic N) is 4. The van der Waals surface area contributed by atoms with Crippen molar-refractivity contribution in [3.63, 3.8) is 0 Å². The van der Waals surface area contributed by atoms with Crippen LogP contribution >= 0.6 is 0 Å². The van der Waals surface area contributed by atoms with Crippen molar-refractivity contribution in [3.05, 3.63) is 17.1 Å². The number of rotatable bonds is 4. The highest BCUT2D eigenvalue weighted by atomic mass is 32.2. The average Bonchev–Trinajstić information content (AvgIpc) is 3.04. The molecule has 1 atom stereocenters. The first-order chi connectivity index (χ1) is 10.9. The Kier molecular flexibility index (Phi) is 4.54. The van der Waals surface area contributed by atoms with Gasteiger partial charge in [-0.25, -0.2) is 9.97 Å². The van der Waals surface area contributed by atoms with E-state index in [4.69, 9.17) is 4.98 Å². The quantitative estimate of drug-likeness (QED) is 0.808. The van der Waals surface area contributed by atoms with Gasteiger partial charge in [0.25, 0.3) is 10.2 Å². The van der Waals surface area contributed by atoms with E-state index in [1.54, 1.807) is 14.1 Å². The number of hydrogen-bond donors (Lipinski definition) is 2. The third-order valence-corrected chi connectivity index (χ3v) is 6.40. The second-order valence-electron chi connectivity index (χ2n) is 6.09. The fourth-order valence-corrected chi connectivity index (χ4v) is 4.50. The lowest BCUT2D eigenvalue weighted by Crippen LogP contribution is -2.40. The van der Waals surface area contributed by atoms with Gasteiger partial charge in [0.2, 0.25) is 0 Å². The fraction of sp³-hybridized carbons (Fsp3) is 0.714. The van der Waals surface area contributed by atoms with Crippen molar-refractivity contribution in [1.82, 2.24) is 23.9 Å². The summed E-state index contributed by atoms with van der Waals surface area (Å²) in [5, 5.41) is 6.45. The first-order valence-corrected chi connectivity index (χ1v) is 9.32. The zero-order valence-electron chi connectivity index (χ0n) is 13.8. The van der Waals surface area contributed by atoms with E-state index in [2.05, 4.69) is 15.6 Å². The predicted octanol–water partition coefficient (Wildman–Crippen LogP) is 0.107. The van der Waals surface area contributed by atoms with Gasteiger partial charge >= 0.3 is 0 Å². The van der Waals surface area contributed by atoms with Crippen LogP contribution in [0, 0.1) is 0 Å². The van der Waals surface area contributed by atoms with E-state index in [1.165, 1.54) is 8.61 Å². The van der Waals surface area contributed by atoms with Crippen molar-refractivity contribution in [2.24, 2.45) is 0 Å². The Hall–Kier alpha value is -1.29.